The van der Waals surface area contributed by atoms with E-state index in [1.165, 1.54) is 12.8 Å². The molecule has 3 heterocycles. The fraction of sp³-hybridized carbons (Fsp3) is 0.750. The number of hydrogen-bond donors (Lipinski definition) is 0. The summed E-state index contributed by atoms with van der Waals surface area (Å²) in [6.45, 7) is 3.44. The largest absolute Gasteiger partial charge is 0.368 e. The number of carbonyl (C=O) groups excluding carboxylic acids is 1. The van der Waals surface area contributed by atoms with Gasteiger partial charge in [0.1, 0.15) is 11.9 Å². The summed E-state index contributed by atoms with van der Waals surface area (Å²) in [6.07, 6.45) is 6.10. The molecule has 1 amide bonds. The van der Waals surface area contributed by atoms with Gasteiger partial charge in [0.25, 0.3) is 5.91 Å². The Kier molecular flexibility index (Phi) is 3.46. The van der Waals surface area contributed by atoms with Crippen molar-refractivity contribution in [2.75, 3.05) is 26.7 Å². The highest BCUT2D eigenvalue weighted by molar-refractivity contribution is 5.84. The van der Waals surface area contributed by atoms with Crippen LogP contribution in [0.1, 0.15) is 18.7 Å². The molecule has 3 fully saturated rings. The van der Waals surface area contributed by atoms with Crippen molar-refractivity contribution in [1.29, 1.82) is 0 Å². The maximum Gasteiger partial charge on any atom is 0.252 e. The third-order valence-electron chi connectivity index (χ3n) is 5.38. The molecule has 0 aromatic carbocycles. The molecule has 0 unspecified atom stereocenters. The minimum Gasteiger partial charge on any atom is -0.368 e. The first-order valence-electron chi connectivity index (χ1n) is 8.20. The van der Waals surface area contributed by atoms with E-state index in [-0.39, 0.29) is 18.1 Å². The molecule has 6 nitrogen and oxygen atoms in total. The normalized spacial score (nSPS) is 32.0. The van der Waals surface area contributed by atoms with Crippen LogP contribution in [0.4, 0.5) is 0 Å². The predicted molar refractivity (Wildman–Crippen MR) is 81.0 cm³/mol. The van der Waals surface area contributed by atoms with Crippen molar-refractivity contribution in [3.63, 3.8) is 0 Å². The van der Waals surface area contributed by atoms with E-state index in [4.69, 9.17) is 4.74 Å². The van der Waals surface area contributed by atoms with Crippen molar-refractivity contribution >= 4 is 5.91 Å². The first kappa shape index (κ1) is 14.2. The lowest BCUT2D eigenvalue weighted by Gasteiger charge is -2.21. The van der Waals surface area contributed by atoms with E-state index >= 15 is 0 Å². The van der Waals surface area contributed by atoms with Crippen LogP contribution in [0.3, 0.4) is 0 Å². The van der Waals surface area contributed by atoms with Crippen LogP contribution in [0.2, 0.25) is 0 Å². The fourth-order valence-corrected chi connectivity index (χ4v) is 3.75. The number of likely N-dealkylation sites (tertiary alicyclic amines) is 2. The van der Waals surface area contributed by atoms with E-state index in [0.717, 1.165) is 32.1 Å². The Morgan fingerprint density at radius 3 is 2.82 bits per heavy atom. The van der Waals surface area contributed by atoms with Gasteiger partial charge in [-0.05, 0) is 18.8 Å². The number of rotatable bonds is 5. The summed E-state index contributed by atoms with van der Waals surface area (Å²) in [5.74, 6) is 2.25. The number of likely N-dealkylation sites (N-methyl/N-ethyl adjacent to an activating group) is 1. The van der Waals surface area contributed by atoms with Gasteiger partial charge >= 0.3 is 0 Å². The Balaban J connectivity index is 1.42. The summed E-state index contributed by atoms with van der Waals surface area (Å²) < 4.78 is 8.05. The third-order valence-corrected chi connectivity index (χ3v) is 5.38. The van der Waals surface area contributed by atoms with Gasteiger partial charge in [-0.15, -0.1) is 0 Å². The molecule has 0 spiro atoms. The number of ether oxygens (including phenoxy) is 1. The number of hydrogen-bond acceptors (Lipinski definition) is 4. The molecular formula is C16H24N4O2. The standard InChI is InChI=1S/C16H24N4O2/c1-18-6-5-17-14(18)9-20-7-12-13(8-20)19(2)16(21)15(12)22-10-11-3-4-11/h5-6,11-13,15H,3-4,7-10H2,1-2H3/t12-,13+,15-/m0/s1. The minimum atomic E-state index is -0.234. The number of amides is 1. The van der Waals surface area contributed by atoms with Crippen LogP contribution >= 0.6 is 0 Å². The molecule has 1 aromatic rings. The molecule has 4 rings (SSSR count). The molecule has 2 saturated heterocycles. The summed E-state index contributed by atoms with van der Waals surface area (Å²) in [5.41, 5.74) is 0. The smallest absolute Gasteiger partial charge is 0.252 e. The number of carbonyl (C=O) groups is 1. The zero-order valence-corrected chi connectivity index (χ0v) is 13.3. The second-order valence-corrected chi connectivity index (χ2v) is 7.03. The topological polar surface area (TPSA) is 50.6 Å². The maximum absolute atomic E-state index is 12.4. The van der Waals surface area contributed by atoms with Crippen LogP contribution in [-0.2, 0) is 23.1 Å². The van der Waals surface area contributed by atoms with Crippen LogP contribution in [0.25, 0.3) is 0 Å². The van der Waals surface area contributed by atoms with Gasteiger partial charge in [-0.2, -0.15) is 0 Å². The molecule has 1 aliphatic carbocycles. The Labute approximate surface area is 131 Å². The Morgan fingerprint density at radius 2 is 2.14 bits per heavy atom. The molecule has 1 aromatic heterocycles. The Morgan fingerprint density at radius 1 is 1.32 bits per heavy atom. The van der Waals surface area contributed by atoms with Gasteiger partial charge in [-0.1, -0.05) is 0 Å². The quantitative estimate of drug-likeness (QED) is 0.794. The molecule has 22 heavy (non-hydrogen) atoms. The summed E-state index contributed by atoms with van der Waals surface area (Å²) in [5, 5.41) is 0. The molecular weight excluding hydrogens is 280 g/mol. The Hall–Kier alpha value is -1.40. The average molecular weight is 304 g/mol. The van der Waals surface area contributed by atoms with Crippen LogP contribution in [0.5, 0.6) is 0 Å². The van der Waals surface area contributed by atoms with E-state index in [2.05, 4.69) is 14.5 Å². The van der Waals surface area contributed by atoms with Crippen LogP contribution in [-0.4, -0.2) is 64.1 Å². The van der Waals surface area contributed by atoms with Crippen LogP contribution in [0, 0.1) is 11.8 Å². The van der Waals surface area contributed by atoms with Crippen LogP contribution < -0.4 is 0 Å². The molecule has 0 bridgehead atoms. The molecule has 3 aliphatic rings. The maximum atomic E-state index is 12.4. The number of imidazole rings is 1. The van der Waals surface area contributed by atoms with Gasteiger partial charge in [0.15, 0.2) is 0 Å². The predicted octanol–water partition coefficient (Wildman–Crippen LogP) is 0.488. The molecule has 3 atom stereocenters. The molecule has 0 radical (unpaired) electrons. The SMILES string of the molecule is CN1C(=O)[C@@H](OCC2CC2)[C@H]2CN(Cc3nccn3C)C[C@H]21. The van der Waals surface area contributed by atoms with Gasteiger partial charge in [-0.25, -0.2) is 4.98 Å². The number of nitrogens with zero attached hydrogens (tertiary/aromatic N) is 4. The van der Waals surface area contributed by atoms with E-state index in [9.17, 15) is 4.79 Å². The van der Waals surface area contributed by atoms with Gasteiger partial charge in [0.2, 0.25) is 0 Å². The van der Waals surface area contributed by atoms with Gasteiger partial charge in [-0.3, -0.25) is 9.69 Å². The zero-order chi connectivity index (χ0) is 15.3. The fourth-order valence-electron chi connectivity index (χ4n) is 3.75. The van der Waals surface area contributed by atoms with Crippen molar-refractivity contribution in [1.82, 2.24) is 19.4 Å². The lowest BCUT2D eigenvalue weighted by atomic mass is 10.0. The monoisotopic (exact) mass is 304 g/mol. The number of aromatic nitrogens is 2. The summed E-state index contributed by atoms with van der Waals surface area (Å²) in [6, 6.07) is 0.289. The molecule has 120 valence electrons. The molecule has 2 aliphatic heterocycles. The molecule has 6 heteroatoms. The number of aryl methyl sites for hydroxylation is 1. The van der Waals surface area contributed by atoms with E-state index in [1.54, 1.807) is 0 Å². The highest BCUT2D eigenvalue weighted by atomic mass is 16.5. The summed E-state index contributed by atoms with van der Waals surface area (Å²) in [7, 11) is 3.95. The third kappa shape index (κ3) is 2.44. The van der Waals surface area contributed by atoms with Gasteiger partial charge < -0.3 is 14.2 Å². The number of fused-ring (bicyclic) bond motifs is 1. The van der Waals surface area contributed by atoms with E-state index in [0.29, 0.717) is 11.8 Å². The summed E-state index contributed by atoms with van der Waals surface area (Å²) in [4.78, 5) is 21.1. The van der Waals surface area contributed by atoms with Gasteiger partial charge in [0, 0.05) is 45.5 Å². The molecule has 0 N–H and O–H groups in total. The van der Waals surface area contributed by atoms with E-state index in [1.807, 2.05) is 31.4 Å². The lowest BCUT2D eigenvalue weighted by molar-refractivity contribution is -0.138. The van der Waals surface area contributed by atoms with Crippen molar-refractivity contribution < 1.29 is 9.53 Å². The second kappa shape index (κ2) is 5.35. The highest BCUT2D eigenvalue weighted by Gasteiger charge is 2.52. The van der Waals surface area contributed by atoms with Crippen molar-refractivity contribution in [2.45, 2.75) is 31.5 Å². The second-order valence-electron chi connectivity index (χ2n) is 7.03. The first-order valence-corrected chi connectivity index (χ1v) is 8.20. The lowest BCUT2D eigenvalue weighted by Crippen LogP contribution is -2.37. The van der Waals surface area contributed by atoms with Gasteiger partial charge in [0.05, 0.1) is 19.2 Å². The highest BCUT2D eigenvalue weighted by Crippen LogP contribution is 2.36. The van der Waals surface area contributed by atoms with Crippen molar-refractivity contribution in [3.8, 4) is 0 Å². The molecule has 1 saturated carbocycles. The van der Waals surface area contributed by atoms with Crippen LogP contribution in [0.15, 0.2) is 12.4 Å². The minimum absolute atomic E-state index is 0.173. The van der Waals surface area contributed by atoms with Crippen molar-refractivity contribution in [2.24, 2.45) is 18.9 Å². The Bertz CT molecular complexity index is 568. The zero-order valence-electron chi connectivity index (χ0n) is 13.3. The van der Waals surface area contributed by atoms with E-state index < -0.39 is 0 Å². The first-order chi connectivity index (χ1) is 10.6. The average Bonchev–Trinajstić information content (AvgIpc) is 3.04. The summed E-state index contributed by atoms with van der Waals surface area (Å²) >= 11 is 0. The van der Waals surface area contributed by atoms with Crippen molar-refractivity contribution in [3.05, 3.63) is 18.2 Å².